The van der Waals surface area contributed by atoms with E-state index in [-0.39, 0.29) is 24.8 Å². The SMILES string of the molecule is CC(=O)N(CCC(=O)Nc1ccc(C)cc1)c1cc(C)on1. The van der Waals surface area contributed by atoms with Gasteiger partial charge in [0.25, 0.3) is 0 Å². The maximum atomic E-state index is 12.0. The molecule has 116 valence electrons. The Morgan fingerprint density at radius 2 is 1.91 bits per heavy atom. The average molecular weight is 301 g/mol. The highest BCUT2D eigenvalue weighted by Gasteiger charge is 2.16. The molecule has 2 rings (SSSR count). The first-order valence-electron chi connectivity index (χ1n) is 7.03. The van der Waals surface area contributed by atoms with Crippen LogP contribution in [0.1, 0.15) is 24.7 Å². The number of aryl methyl sites for hydroxylation is 2. The Kier molecular flexibility index (Phi) is 4.93. The van der Waals surface area contributed by atoms with Gasteiger partial charge in [0.05, 0.1) is 0 Å². The molecule has 0 spiro atoms. The normalized spacial score (nSPS) is 10.3. The molecule has 22 heavy (non-hydrogen) atoms. The molecule has 0 fully saturated rings. The van der Waals surface area contributed by atoms with Crippen LogP contribution < -0.4 is 10.2 Å². The van der Waals surface area contributed by atoms with Gasteiger partial charge in [-0.3, -0.25) is 14.5 Å². The molecule has 1 aromatic heterocycles. The topological polar surface area (TPSA) is 75.4 Å². The summed E-state index contributed by atoms with van der Waals surface area (Å²) in [5.41, 5.74) is 1.87. The lowest BCUT2D eigenvalue weighted by Gasteiger charge is -2.17. The number of hydrogen-bond donors (Lipinski definition) is 1. The maximum absolute atomic E-state index is 12.0. The van der Waals surface area contributed by atoms with Crippen LogP contribution >= 0.6 is 0 Å². The van der Waals surface area contributed by atoms with E-state index in [4.69, 9.17) is 4.52 Å². The smallest absolute Gasteiger partial charge is 0.226 e. The standard InChI is InChI=1S/C16H19N3O3/c1-11-4-6-14(7-5-11)17-16(21)8-9-19(13(3)20)15-10-12(2)22-18-15/h4-7,10H,8-9H2,1-3H3,(H,17,21). The molecule has 1 heterocycles. The molecule has 0 radical (unpaired) electrons. The Balaban J connectivity index is 1.93. The molecule has 0 saturated carbocycles. The van der Waals surface area contributed by atoms with E-state index in [0.29, 0.717) is 11.6 Å². The molecule has 6 nitrogen and oxygen atoms in total. The van der Waals surface area contributed by atoms with E-state index in [1.165, 1.54) is 11.8 Å². The second-order valence-corrected chi connectivity index (χ2v) is 5.13. The number of rotatable bonds is 5. The van der Waals surface area contributed by atoms with E-state index in [1.54, 1.807) is 13.0 Å². The highest BCUT2D eigenvalue weighted by molar-refractivity contribution is 5.94. The average Bonchev–Trinajstić information content (AvgIpc) is 2.87. The van der Waals surface area contributed by atoms with E-state index in [9.17, 15) is 9.59 Å². The van der Waals surface area contributed by atoms with E-state index in [1.807, 2.05) is 31.2 Å². The van der Waals surface area contributed by atoms with Crippen molar-refractivity contribution in [2.75, 3.05) is 16.8 Å². The monoisotopic (exact) mass is 301 g/mol. The van der Waals surface area contributed by atoms with Crippen molar-refractivity contribution in [1.82, 2.24) is 5.16 Å². The predicted molar refractivity (Wildman–Crippen MR) is 83.7 cm³/mol. The number of carbonyl (C=O) groups is 2. The van der Waals surface area contributed by atoms with Gasteiger partial charge in [-0.1, -0.05) is 22.9 Å². The number of nitrogens with zero attached hydrogens (tertiary/aromatic N) is 2. The largest absolute Gasteiger partial charge is 0.360 e. The summed E-state index contributed by atoms with van der Waals surface area (Å²) < 4.78 is 4.96. The Morgan fingerprint density at radius 3 is 2.45 bits per heavy atom. The van der Waals surface area contributed by atoms with E-state index in [2.05, 4.69) is 10.5 Å². The van der Waals surface area contributed by atoms with Gasteiger partial charge in [0, 0.05) is 31.6 Å². The lowest BCUT2D eigenvalue weighted by atomic mass is 10.2. The highest BCUT2D eigenvalue weighted by atomic mass is 16.5. The maximum Gasteiger partial charge on any atom is 0.226 e. The number of aromatic nitrogens is 1. The van der Waals surface area contributed by atoms with Crippen LogP contribution in [-0.2, 0) is 9.59 Å². The van der Waals surface area contributed by atoms with Crippen molar-refractivity contribution in [1.29, 1.82) is 0 Å². The molecule has 1 N–H and O–H groups in total. The summed E-state index contributed by atoms with van der Waals surface area (Å²) >= 11 is 0. The Bertz CT molecular complexity index is 662. The fourth-order valence-corrected chi connectivity index (χ4v) is 1.99. The lowest BCUT2D eigenvalue weighted by molar-refractivity contribution is -0.117. The second kappa shape index (κ2) is 6.89. The summed E-state index contributed by atoms with van der Waals surface area (Å²) in [5, 5.41) is 6.61. The van der Waals surface area contributed by atoms with E-state index in [0.717, 1.165) is 11.3 Å². The van der Waals surface area contributed by atoms with Crippen LogP contribution in [0.2, 0.25) is 0 Å². The molecule has 0 aliphatic heterocycles. The molecule has 2 amide bonds. The van der Waals surface area contributed by atoms with E-state index >= 15 is 0 Å². The molecule has 0 atom stereocenters. The molecular weight excluding hydrogens is 282 g/mol. The van der Waals surface area contributed by atoms with Crippen LogP contribution in [0, 0.1) is 13.8 Å². The van der Waals surface area contributed by atoms with Gasteiger partial charge in [-0.05, 0) is 26.0 Å². The van der Waals surface area contributed by atoms with Gasteiger partial charge in [-0.2, -0.15) is 0 Å². The van der Waals surface area contributed by atoms with Gasteiger partial charge in [0.15, 0.2) is 5.82 Å². The third-order valence-corrected chi connectivity index (χ3v) is 3.17. The molecule has 0 saturated heterocycles. The van der Waals surface area contributed by atoms with Crippen molar-refractivity contribution in [3.63, 3.8) is 0 Å². The van der Waals surface area contributed by atoms with E-state index < -0.39 is 0 Å². The second-order valence-electron chi connectivity index (χ2n) is 5.13. The van der Waals surface area contributed by atoms with Gasteiger partial charge in [-0.15, -0.1) is 0 Å². The number of anilines is 2. The number of benzene rings is 1. The van der Waals surface area contributed by atoms with Gasteiger partial charge >= 0.3 is 0 Å². The third-order valence-electron chi connectivity index (χ3n) is 3.17. The first kappa shape index (κ1) is 15.8. The molecule has 1 aromatic carbocycles. The molecular formula is C16H19N3O3. The molecule has 0 aliphatic carbocycles. The van der Waals surface area contributed by atoms with Crippen LogP contribution in [0.4, 0.5) is 11.5 Å². The molecule has 0 bridgehead atoms. The van der Waals surface area contributed by atoms with Crippen molar-refractivity contribution in [2.24, 2.45) is 0 Å². The number of hydrogen-bond acceptors (Lipinski definition) is 4. The fourth-order valence-electron chi connectivity index (χ4n) is 1.99. The first-order chi connectivity index (χ1) is 10.5. The fraction of sp³-hybridized carbons (Fsp3) is 0.312. The minimum Gasteiger partial charge on any atom is -0.360 e. The minimum absolute atomic E-state index is 0.157. The highest BCUT2D eigenvalue weighted by Crippen LogP contribution is 2.15. The van der Waals surface area contributed by atoms with Crippen molar-refractivity contribution in [3.05, 3.63) is 41.7 Å². The first-order valence-corrected chi connectivity index (χ1v) is 7.03. The van der Waals surface area contributed by atoms with Crippen molar-refractivity contribution in [3.8, 4) is 0 Å². The summed E-state index contributed by atoms with van der Waals surface area (Å²) in [4.78, 5) is 25.1. The molecule has 6 heteroatoms. The summed E-state index contributed by atoms with van der Waals surface area (Å²) in [6.45, 7) is 5.41. The summed E-state index contributed by atoms with van der Waals surface area (Å²) in [7, 11) is 0. The third kappa shape index (κ3) is 4.18. The quantitative estimate of drug-likeness (QED) is 0.921. The summed E-state index contributed by atoms with van der Waals surface area (Å²) in [6.07, 6.45) is 0.180. The molecule has 0 aliphatic rings. The van der Waals surface area contributed by atoms with Crippen LogP contribution in [0.3, 0.4) is 0 Å². The Labute approximate surface area is 129 Å². The zero-order valence-corrected chi connectivity index (χ0v) is 12.9. The molecule has 0 unspecified atom stereocenters. The van der Waals surface area contributed by atoms with Crippen LogP contribution in [0.5, 0.6) is 0 Å². The van der Waals surface area contributed by atoms with Gasteiger partial charge in [0.1, 0.15) is 5.76 Å². The number of carbonyl (C=O) groups excluding carboxylic acids is 2. The lowest BCUT2D eigenvalue weighted by Crippen LogP contribution is -2.32. The Morgan fingerprint density at radius 1 is 1.23 bits per heavy atom. The van der Waals surface area contributed by atoms with Crippen LogP contribution in [0.15, 0.2) is 34.9 Å². The Hall–Kier alpha value is -2.63. The summed E-state index contributed by atoms with van der Waals surface area (Å²) in [5.74, 6) is 0.699. The van der Waals surface area contributed by atoms with Gasteiger partial charge < -0.3 is 9.84 Å². The van der Waals surface area contributed by atoms with Crippen molar-refractivity contribution in [2.45, 2.75) is 27.2 Å². The zero-order valence-electron chi connectivity index (χ0n) is 12.9. The van der Waals surface area contributed by atoms with Gasteiger partial charge in [0.2, 0.25) is 11.8 Å². The zero-order chi connectivity index (χ0) is 16.1. The number of nitrogens with one attached hydrogen (secondary N) is 1. The molecule has 2 aromatic rings. The van der Waals surface area contributed by atoms with Crippen LogP contribution in [0.25, 0.3) is 0 Å². The van der Waals surface area contributed by atoms with Crippen molar-refractivity contribution < 1.29 is 14.1 Å². The van der Waals surface area contributed by atoms with Crippen molar-refractivity contribution >= 4 is 23.3 Å². The summed E-state index contributed by atoms with van der Waals surface area (Å²) in [6, 6.07) is 9.21. The number of amides is 2. The minimum atomic E-state index is -0.184. The predicted octanol–water partition coefficient (Wildman–Crippen LogP) is 2.67. The van der Waals surface area contributed by atoms with Crippen LogP contribution in [-0.4, -0.2) is 23.5 Å². The van der Waals surface area contributed by atoms with Gasteiger partial charge in [-0.25, -0.2) is 0 Å².